The molecule has 3 aliphatic carbocycles. The summed E-state index contributed by atoms with van der Waals surface area (Å²) in [6.45, 7) is 26.5. The molecule has 0 saturated carbocycles. The fourth-order valence-electron chi connectivity index (χ4n) is 14.6. The number of fused-ring (bicyclic) bond motifs is 13. The normalized spacial score (nSPS) is 16.6. The summed E-state index contributed by atoms with van der Waals surface area (Å²) in [6, 6.07) is 65.7. The molecule has 11 aromatic rings. The van der Waals surface area contributed by atoms with Crippen LogP contribution < -0.4 is 16.2 Å². The van der Waals surface area contributed by atoms with Gasteiger partial charge in [0, 0.05) is 70.3 Å². The first kappa shape index (κ1) is 47.8. The lowest BCUT2D eigenvalue weighted by Crippen LogP contribution is -2.37. The molecule has 2 aromatic heterocycles. The number of rotatable bonds is 5. The summed E-state index contributed by atoms with van der Waals surface area (Å²) in [5.41, 5.74) is 30.0. The summed E-state index contributed by atoms with van der Waals surface area (Å²) in [5.74, 6) is 0. The predicted octanol–water partition coefficient (Wildman–Crippen LogP) is 19.0. The zero-order chi connectivity index (χ0) is 53.6. The predicted molar refractivity (Wildman–Crippen MR) is 336 cm³/mol. The minimum atomic E-state index is -0.200. The van der Waals surface area contributed by atoms with Crippen LogP contribution >= 0.6 is 11.3 Å². The van der Waals surface area contributed by atoms with Gasteiger partial charge in [0.2, 0.25) is 0 Å². The molecule has 4 aliphatic rings. The molecule has 0 fully saturated rings. The molecule has 0 bridgehead atoms. The summed E-state index contributed by atoms with van der Waals surface area (Å²) in [5, 5.41) is 7.96. The van der Waals surface area contributed by atoms with Crippen LogP contribution in [0.25, 0.3) is 92.5 Å². The number of nitrogens with zero attached hydrogens (tertiary/aromatic N) is 1. The molecule has 2 nitrogen and oxygen atoms in total. The van der Waals surface area contributed by atoms with Gasteiger partial charge in [0.25, 0.3) is 0 Å². The SMILES string of the molecule is CC(C)(C)c1ccc(Nc2cc3c(cc2-c2ccc4c5cc6c(cc5n5c4c2[B]c2cc4sc(-c7ccccc7)c(-c7ccccc7)c4cc2-5)C(C)(C)c2ccccc2-6)-c2cc4c(cc2C3(C)C)C(C)(C)CCC4(C)C)cc1. The molecular weight excluding hydrogens is 960 g/mol. The third-order valence-electron chi connectivity index (χ3n) is 19.3. The lowest BCUT2D eigenvalue weighted by atomic mass is 9.59. The van der Waals surface area contributed by atoms with E-state index in [9.17, 15) is 0 Å². The minimum Gasteiger partial charge on any atom is -0.355 e. The van der Waals surface area contributed by atoms with E-state index in [1.807, 2.05) is 11.3 Å². The molecule has 0 spiro atoms. The van der Waals surface area contributed by atoms with Gasteiger partial charge in [-0.05, 0) is 167 Å². The summed E-state index contributed by atoms with van der Waals surface area (Å²) in [6.07, 6.45) is 2.38. The Morgan fingerprint density at radius 3 is 1.82 bits per heavy atom. The van der Waals surface area contributed by atoms with Crippen molar-refractivity contribution in [1.29, 1.82) is 0 Å². The monoisotopic (exact) mass is 1030 g/mol. The number of hydrogen-bond donors (Lipinski definition) is 1. The van der Waals surface area contributed by atoms with E-state index in [0.717, 1.165) is 11.4 Å². The Hall–Kier alpha value is -7.40. The van der Waals surface area contributed by atoms with Gasteiger partial charge in [-0.15, -0.1) is 11.3 Å². The second kappa shape index (κ2) is 16.1. The van der Waals surface area contributed by atoms with Gasteiger partial charge in [-0.25, -0.2) is 0 Å². The van der Waals surface area contributed by atoms with Crippen LogP contribution in [0.15, 0.2) is 170 Å². The van der Waals surface area contributed by atoms with E-state index in [1.54, 1.807) is 0 Å². The zero-order valence-corrected chi connectivity index (χ0v) is 47.8. The molecule has 1 aliphatic heterocycles. The van der Waals surface area contributed by atoms with Crippen LogP contribution in [-0.2, 0) is 27.1 Å². The highest BCUT2D eigenvalue weighted by atomic mass is 32.1. The largest absolute Gasteiger partial charge is 0.355 e. The van der Waals surface area contributed by atoms with Gasteiger partial charge in [0.15, 0.2) is 7.28 Å². The summed E-state index contributed by atoms with van der Waals surface area (Å²) in [7, 11) is 2.54. The van der Waals surface area contributed by atoms with E-state index < -0.39 is 0 Å². The average Bonchev–Trinajstić information content (AvgIpc) is 4.28. The zero-order valence-electron chi connectivity index (χ0n) is 47.0. The first-order chi connectivity index (χ1) is 37.3. The van der Waals surface area contributed by atoms with Crippen LogP contribution in [0.1, 0.15) is 128 Å². The molecule has 0 atom stereocenters. The van der Waals surface area contributed by atoms with Crippen molar-refractivity contribution in [2.45, 2.75) is 116 Å². The molecule has 1 N–H and O–H groups in total. The first-order valence-electron chi connectivity index (χ1n) is 28.4. The summed E-state index contributed by atoms with van der Waals surface area (Å²) >= 11 is 1.92. The Morgan fingerprint density at radius 1 is 0.487 bits per heavy atom. The van der Waals surface area contributed by atoms with Gasteiger partial charge in [-0.3, -0.25) is 0 Å². The molecule has 9 aromatic carbocycles. The quantitative estimate of drug-likeness (QED) is 0.170. The highest BCUT2D eigenvalue weighted by Gasteiger charge is 2.44. The maximum atomic E-state index is 4.10. The Morgan fingerprint density at radius 2 is 1.10 bits per heavy atom. The number of thiophene rings is 1. The maximum absolute atomic E-state index is 4.10. The molecule has 0 unspecified atom stereocenters. The van der Waals surface area contributed by atoms with E-state index in [2.05, 4.69) is 263 Å². The fraction of sp³-hybridized carbons (Fsp3) is 0.243. The average molecular weight is 1030 g/mol. The van der Waals surface area contributed by atoms with E-state index >= 15 is 0 Å². The number of aromatic nitrogens is 1. The topological polar surface area (TPSA) is 17.0 Å². The Bertz CT molecular complexity index is 4380. The van der Waals surface area contributed by atoms with Crippen LogP contribution in [0, 0.1) is 0 Å². The van der Waals surface area contributed by atoms with E-state index in [4.69, 9.17) is 0 Å². The van der Waals surface area contributed by atoms with Crippen molar-refractivity contribution in [2.75, 3.05) is 5.32 Å². The Labute approximate surface area is 465 Å². The lowest BCUT2D eigenvalue weighted by molar-refractivity contribution is 0.331. The number of hydrogen-bond acceptors (Lipinski definition) is 2. The smallest absolute Gasteiger partial charge is 0.197 e. The standard InChI is InChI=1S/C74H66BN2S/c1-70(2,3)44-26-28-45(29-27-44)76-62-39-57-50(51-36-59-60(38-56(51)74(57,10)11)72(6,7)33-32-71(59,4)5)34-52(62)47-30-31-48-53-35-49-46-24-18-19-25-55(46)73(8,9)58(49)40-63(53)77-64-37-54-65(41-61(64)75-67(47)68(48)77)78-69(43-22-16-13-17-23-43)66(54)42-20-14-12-15-21-42/h12-31,34-41,76H,32-33H2,1-11H3. The second-order valence-electron chi connectivity index (χ2n) is 26.7. The number of benzene rings is 9. The summed E-state index contributed by atoms with van der Waals surface area (Å²) < 4.78 is 3.95. The van der Waals surface area contributed by atoms with Crippen molar-refractivity contribution in [1.82, 2.24) is 4.57 Å². The van der Waals surface area contributed by atoms with Gasteiger partial charge >= 0.3 is 0 Å². The fourth-order valence-corrected chi connectivity index (χ4v) is 15.9. The first-order valence-corrected chi connectivity index (χ1v) is 29.2. The second-order valence-corrected chi connectivity index (χ2v) is 27.7. The van der Waals surface area contributed by atoms with Gasteiger partial charge in [0.05, 0.1) is 5.52 Å². The van der Waals surface area contributed by atoms with Crippen molar-refractivity contribution in [3.05, 3.63) is 209 Å². The van der Waals surface area contributed by atoms with Crippen molar-refractivity contribution < 1.29 is 0 Å². The molecule has 0 saturated heterocycles. The molecule has 0 amide bonds. The number of nitrogens with one attached hydrogen (secondary N) is 1. The van der Waals surface area contributed by atoms with Crippen molar-refractivity contribution in [3.63, 3.8) is 0 Å². The number of anilines is 2. The van der Waals surface area contributed by atoms with Crippen LogP contribution in [0.4, 0.5) is 11.4 Å². The highest BCUT2D eigenvalue weighted by Crippen LogP contribution is 2.57. The maximum Gasteiger partial charge on any atom is 0.197 e. The molecule has 381 valence electrons. The third-order valence-corrected chi connectivity index (χ3v) is 20.5. The van der Waals surface area contributed by atoms with Crippen LogP contribution in [-0.4, -0.2) is 11.8 Å². The molecule has 1 radical (unpaired) electrons. The van der Waals surface area contributed by atoms with Gasteiger partial charge in [-0.1, -0.05) is 197 Å². The van der Waals surface area contributed by atoms with Gasteiger partial charge in [0.1, 0.15) is 0 Å². The third kappa shape index (κ3) is 6.75. The van der Waals surface area contributed by atoms with Crippen LogP contribution in [0.2, 0.25) is 0 Å². The summed E-state index contributed by atoms with van der Waals surface area (Å²) in [4.78, 5) is 1.30. The van der Waals surface area contributed by atoms with E-state index in [1.165, 1.54) is 155 Å². The molecule has 3 heterocycles. The minimum absolute atomic E-state index is 0.0538. The molecule has 15 rings (SSSR count). The van der Waals surface area contributed by atoms with Crippen LogP contribution in [0.3, 0.4) is 0 Å². The van der Waals surface area contributed by atoms with E-state index in [0.29, 0.717) is 0 Å². The van der Waals surface area contributed by atoms with Gasteiger partial charge < -0.3 is 9.88 Å². The molecular formula is C74H66BN2S. The molecule has 4 heteroatoms. The molecule has 78 heavy (non-hydrogen) atoms. The Kier molecular flexibility index (Phi) is 9.87. The van der Waals surface area contributed by atoms with Crippen molar-refractivity contribution in [3.8, 4) is 60.6 Å². The van der Waals surface area contributed by atoms with E-state index in [-0.39, 0.29) is 27.1 Å². The Balaban J connectivity index is 1.02. The van der Waals surface area contributed by atoms with Gasteiger partial charge in [-0.2, -0.15) is 0 Å². The van der Waals surface area contributed by atoms with Crippen molar-refractivity contribution >= 4 is 72.8 Å². The van der Waals surface area contributed by atoms with Crippen molar-refractivity contribution in [2.24, 2.45) is 0 Å². The lowest BCUT2D eigenvalue weighted by Gasteiger charge is -2.42. The highest BCUT2D eigenvalue weighted by molar-refractivity contribution is 7.23. The van der Waals surface area contributed by atoms with Crippen LogP contribution in [0.5, 0.6) is 0 Å².